The van der Waals surface area contributed by atoms with Crippen LogP contribution in [0.1, 0.15) is 5.56 Å². The van der Waals surface area contributed by atoms with E-state index < -0.39 is 0 Å². The number of aromatic nitrogens is 1. The molecular formula is C19H16N2O. The zero-order valence-corrected chi connectivity index (χ0v) is 12.0. The molecule has 0 amide bonds. The van der Waals surface area contributed by atoms with E-state index in [0.29, 0.717) is 12.3 Å². The Labute approximate surface area is 128 Å². The highest BCUT2D eigenvalue weighted by atomic mass is 16.3. The Bertz CT molecular complexity index is 956. The van der Waals surface area contributed by atoms with Crippen LogP contribution in [0.3, 0.4) is 0 Å². The second kappa shape index (κ2) is 5.11. The van der Waals surface area contributed by atoms with E-state index in [9.17, 15) is 5.11 Å². The van der Waals surface area contributed by atoms with Gasteiger partial charge in [0, 0.05) is 39.6 Å². The predicted octanol–water partition coefficient (Wildman–Crippen LogP) is 4.64. The summed E-state index contributed by atoms with van der Waals surface area (Å²) < 4.78 is 0. The SMILES string of the molecule is Oc1ccccc1CNc1ccc2[nH]c3ccccc3c2c1. The first-order valence-corrected chi connectivity index (χ1v) is 7.32. The van der Waals surface area contributed by atoms with Gasteiger partial charge >= 0.3 is 0 Å². The first kappa shape index (κ1) is 12.8. The van der Waals surface area contributed by atoms with Crippen LogP contribution in [-0.2, 0) is 6.54 Å². The van der Waals surface area contributed by atoms with Gasteiger partial charge in [-0.25, -0.2) is 0 Å². The zero-order valence-electron chi connectivity index (χ0n) is 12.0. The standard InChI is InChI=1S/C19H16N2O/c22-19-8-4-1-5-13(19)12-20-14-9-10-18-16(11-14)15-6-2-3-7-17(15)21-18/h1-11,20-22H,12H2. The highest BCUT2D eigenvalue weighted by Gasteiger charge is 2.05. The molecule has 3 N–H and O–H groups in total. The van der Waals surface area contributed by atoms with Crippen LogP contribution in [0.15, 0.2) is 66.7 Å². The van der Waals surface area contributed by atoms with Crippen LogP contribution in [0, 0.1) is 0 Å². The number of phenols is 1. The lowest BCUT2D eigenvalue weighted by atomic mass is 10.1. The molecule has 0 saturated heterocycles. The minimum atomic E-state index is 0.322. The van der Waals surface area contributed by atoms with E-state index in [1.165, 1.54) is 10.8 Å². The number of hydrogen-bond acceptors (Lipinski definition) is 2. The van der Waals surface area contributed by atoms with Crippen molar-refractivity contribution >= 4 is 27.5 Å². The first-order valence-electron chi connectivity index (χ1n) is 7.32. The van der Waals surface area contributed by atoms with Crippen molar-refractivity contribution < 1.29 is 5.11 Å². The number of phenolic OH excluding ortho intramolecular Hbond substituents is 1. The Hall–Kier alpha value is -2.94. The summed E-state index contributed by atoms with van der Waals surface area (Å²) in [6.45, 7) is 0.598. The van der Waals surface area contributed by atoms with Crippen molar-refractivity contribution in [1.29, 1.82) is 0 Å². The van der Waals surface area contributed by atoms with E-state index in [4.69, 9.17) is 0 Å². The molecule has 3 aromatic carbocycles. The number of hydrogen-bond donors (Lipinski definition) is 3. The van der Waals surface area contributed by atoms with E-state index in [2.05, 4.69) is 46.7 Å². The third-order valence-electron chi connectivity index (χ3n) is 3.98. The number of rotatable bonds is 3. The molecule has 0 aliphatic rings. The zero-order chi connectivity index (χ0) is 14.9. The van der Waals surface area contributed by atoms with Crippen LogP contribution in [0.2, 0.25) is 0 Å². The molecule has 0 unspecified atom stereocenters. The number of nitrogens with one attached hydrogen (secondary N) is 2. The fourth-order valence-corrected chi connectivity index (χ4v) is 2.82. The monoisotopic (exact) mass is 288 g/mol. The summed E-state index contributed by atoms with van der Waals surface area (Å²) in [5, 5.41) is 15.6. The van der Waals surface area contributed by atoms with Crippen molar-refractivity contribution in [3.63, 3.8) is 0 Å². The van der Waals surface area contributed by atoms with Gasteiger partial charge in [-0.2, -0.15) is 0 Å². The van der Waals surface area contributed by atoms with E-state index in [1.807, 2.05) is 24.3 Å². The maximum atomic E-state index is 9.82. The van der Waals surface area contributed by atoms with E-state index in [0.717, 1.165) is 22.3 Å². The average Bonchev–Trinajstić information content (AvgIpc) is 2.92. The Morgan fingerprint density at radius 1 is 0.818 bits per heavy atom. The van der Waals surface area contributed by atoms with E-state index >= 15 is 0 Å². The Morgan fingerprint density at radius 3 is 2.50 bits per heavy atom. The van der Waals surface area contributed by atoms with Crippen molar-refractivity contribution in [1.82, 2.24) is 4.98 Å². The van der Waals surface area contributed by atoms with Crippen molar-refractivity contribution in [3.8, 4) is 5.75 Å². The molecule has 22 heavy (non-hydrogen) atoms. The molecule has 1 aromatic heterocycles. The molecule has 0 fully saturated rings. The van der Waals surface area contributed by atoms with E-state index in [-0.39, 0.29) is 0 Å². The molecule has 1 heterocycles. The fraction of sp³-hybridized carbons (Fsp3) is 0.0526. The Balaban J connectivity index is 1.67. The lowest BCUT2D eigenvalue weighted by Gasteiger charge is -2.08. The number of anilines is 1. The number of para-hydroxylation sites is 2. The molecule has 0 aliphatic heterocycles. The topological polar surface area (TPSA) is 48.0 Å². The number of aromatic amines is 1. The summed E-state index contributed by atoms with van der Waals surface area (Å²) in [6.07, 6.45) is 0. The van der Waals surface area contributed by atoms with Crippen LogP contribution < -0.4 is 5.32 Å². The van der Waals surface area contributed by atoms with Crippen LogP contribution in [0.4, 0.5) is 5.69 Å². The van der Waals surface area contributed by atoms with Gasteiger partial charge in [0.1, 0.15) is 5.75 Å². The summed E-state index contributed by atoms with van der Waals surface area (Å²) in [7, 11) is 0. The van der Waals surface area contributed by atoms with Gasteiger partial charge in [0.15, 0.2) is 0 Å². The van der Waals surface area contributed by atoms with Gasteiger partial charge in [-0.05, 0) is 30.3 Å². The third kappa shape index (κ3) is 2.17. The molecular weight excluding hydrogens is 272 g/mol. The van der Waals surface area contributed by atoms with Gasteiger partial charge in [0.25, 0.3) is 0 Å². The first-order chi connectivity index (χ1) is 10.8. The van der Waals surface area contributed by atoms with Gasteiger partial charge in [0.05, 0.1) is 0 Å². The molecule has 4 aromatic rings. The summed E-state index contributed by atoms with van der Waals surface area (Å²) >= 11 is 0. The molecule has 0 atom stereocenters. The quantitative estimate of drug-likeness (QED) is 0.514. The second-order valence-electron chi connectivity index (χ2n) is 5.41. The van der Waals surface area contributed by atoms with Crippen molar-refractivity contribution in [3.05, 3.63) is 72.3 Å². The molecule has 0 aliphatic carbocycles. The highest BCUT2D eigenvalue weighted by molar-refractivity contribution is 6.08. The van der Waals surface area contributed by atoms with Crippen LogP contribution in [0.25, 0.3) is 21.8 Å². The molecule has 3 nitrogen and oxygen atoms in total. The summed E-state index contributed by atoms with van der Waals surface area (Å²) in [4.78, 5) is 3.42. The minimum absolute atomic E-state index is 0.322. The smallest absolute Gasteiger partial charge is 0.120 e. The van der Waals surface area contributed by atoms with E-state index in [1.54, 1.807) is 6.07 Å². The number of aromatic hydroxyl groups is 1. The lowest BCUT2D eigenvalue weighted by Crippen LogP contribution is -1.99. The number of fused-ring (bicyclic) bond motifs is 3. The van der Waals surface area contributed by atoms with Gasteiger partial charge in [-0.1, -0.05) is 36.4 Å². The summed E-state index contributed by atoms with van der Waals surface area (Å²) in [6, 6.07) is 22.0. The minimum Gasteiger partial charge on any atom is -0.508 e. The average molecular weight is 288 g/mol. The Morgan fingerprint density at radius 2 is 1.59 bits per heavy atom. The maximum Gasteiger partial charge on any atom is 0.120 e. The molecule has 0 radical (unpaired) electrons. The van der Waals surface area contributed by atoms with Crippen molar-refractivity contribution in [2.75, 3.05) is 5.32 Å². The third-order valence-corrected chi connectivity index (χ3v) is 3.98. The largest absolute Gasteiger partial charge is 0.508 e. The molecule has 0 saturated carbocycles. The van der Waals surface area contributed by atoms with Crippen LogP contribution >= 0.6 is 0 Å². The molecule has 0 bridgehead atoms. The van der Waals surface area contributed by atoms with Crippen LogP contribution in [0.5, 0.6) is 5.75 Å². The van der Waals surface area contributed by atoms with Crippen molar-refractivity contribution in [2.45, 2.75) is 6.54 Å². The normalized spacial score (nSPS) is 11.1. The van der Waals surface area contributed by atoms with Crippen LogP contribution in [-0.4, -0.2) is 10.1 Å². The Kier molecular flexibility index (Phi) is 2.97. The molecule has 3 heteroatoms. The maximum absolute atomic E-state index is 9.82. The fourth-order valence-electron chi connectivity index (χ4n) is 2.82. The second-order valence-corrected chi connectivity index (χ2v) is 5.41. The lowest BCUT2D eigenvalue weighted by molar-refractivity contribution is 0.469. The predicted molar refractivity (Wildman–Crippen MR) is 91.2 cm³/mol. The molecule has 108 valence electrons. The summed E-state index contributed by atoms with van der Waals surface area (Å²) in [5.74, 6) is 0.322. The van der Waals surface area contributed by atoms with Gasteiger partial charge in [-0.15, -0.1) is 0 Å². The number of H-pyrrole nitrogens is 1. The van der Waals surface area contributed by atoms with Gasteiger partial charge in [0.2, 0.25) is 0 Å². The van der Waals surface area contributed by atoms with Gasteiger partial charge in [-0.3, -0.25) is 0 Å². The summed E-state index contributed by atoms with van der Waals surface area (Å²) in [5.41, 5.74) is 4.21. The van der Waals surface area contributed by atoms with Gasteiger partial charge < -0.3 is 15.4 Å². The molecule has 4 rings (SSSR count). The highest BCUT2D eigenvalue weighted by Crippen LogP contribution is 2.28. The van der Waals surface area contributed by atoms with Crippen molar-refractivity contribution in [2.24, 2.45) is 0 Å². The molecule has 0 spiro atoms. The number of benzene rings is 3.